The molecule has 0 amide bonds. The van der Waals surface area contributed by atoms with Gasteiger partial charge in [-0.1, -0.05) is 0 Å². The first-order valence-electron chi connectivity index (χ1n) is 3.31. The first-order valence-corrected chi connectivity index (χ1v) is 3.31. The zero-order chi connectivity index (χ0) is 7.40. The van der Waals surface area contributed by atoms with Crippen LogP contribution in [0.4, 0.5) is 0 Å². The van der Waals surface area contributed by atoms with Gasteiger partial charge in [0.1, 0.15) is 12.2 Å². The maximum atomic E-state index is 8.58. The third kappa shape index (κ3) is 1.91. The van der Waals surface area contributed by atoms with Crippen molar-refractivity contribution < 1.29 is 19.7 Å². The second-order valence-electron chi connectivity index (χ2n) is 2.28. The van der Waals surface area contributed by atoms with Gasteiger partial charge in [-0.15, -0.1) is 0 Å². The Balaban J connectivity index is 2.17. The fraction of sp³-hybridized carbons (Fsp3) is 1.00. The van der Waals surface area contributed by atoms with Gasteiger partial charge in [-0.25, -0.2) is 0 Å². The molecule has 0 bridgehead atoms. The number of hydrogen-bond acceptors (Lipinski definition) is 4. The molecule has 0 spiro atoms. The molecule has 1 heterocycles. The van der Waals surface area contributed by atoms with Crippen molar-refractivity contribution in [2.75, 3.05) is 26.4 Å². The lowest BCUT2D eigenvalue weighted by atomic mass is 10.3. The molecule has 1 rings (SSSR count). The number of aliphatic hydroxyl groups excluding tert-OH is 2. The molecule has 0 saturated carbocycles. The minimum Gasteiger partial charge on any atom is -0.394 e. The van der Waals surface area contributed by atoms with E-state index in [2.05, 4.69) is 0 Å². The predicted octanol–water partition coefficient (Wildman–Crippen LogP) is -1.24. The van der Waals surface area contributed by atoms with Crippen molar-refractivity contribution in [3.05, 3.63) is 0 Å². The third-order valence-electron chi connectivity index (χ3n) is 1.44. The van der Waals surface area contributed by atoms with Crippen LogP contribution in [-0.2, 0) is 9.47 Å². The standard InChI is InChI=1S/C6H12O4/c7-1-5-3-10-6(2-8)4-9-5/h5-8H,1-4H2/t5-,6-/m0/s1. The second-order valence-corrected chi connectivity index (χ2v) is 2.28. The van der Waals surface area contributed by atoms with Crippen LogP contribution in [0.25, 0.3) is 0 Å². The van der Waals surface area contributed by atoms with Crippen LogP contribution < -0.4 is 0 Å². The summed E-state index contributed by atoms with van der Waals surface area (Å²) in [6.07, 6.45) is -0.411. The number of hydrogen-bond donors (Lipinski definition) is 2. The van der Waals surface area contributed by atoms with Crippen molar-refractivity contribution in [1.29, 1.82) is 0 Å². The molecule has 10 heavy (non-hydrogen) atoms. The van der Waals surface area contributed by atoms with Crippen LogP contribution in [0.2, 0.25) is 0 Å². The Labute approximate surface area is 59.4 Å². The smallest absolute Gasteiger partial charge is 0.104 e. The summed E-state index contributed by atoms with van der Waals surface area (Å²) in [5.74, 6) is 0. The van der Waals surface area contributed by atoms with E-state index < -0.39 is 0 Å². The number of rotatable bonds is 2. The SMILES string of the molecule is OC[C@H]1CO[C@@H](CO)CO1. The van der Waals surface area contributed by atoms with Crippen LogP contribution in [0.15, 0.2) is 0 Å². The van der Waals surface area contributed by atoms with E-state index in [1.165, 1.54) is 0 Å². The lowest BCUT2D eigenvalue weighted by Gasteiger charge is -2.26. The molecule has 1 aliphatic heterocycles. The van der Waals surface area contributed by atoms with Crippen LogP contribution in [-0.4, -0.2) is 48.8 Å². The van der Waals surface area contributed by atoms with Crippen LogP contribution >= 0.6 is 0 Å². The lowest BCUT2D eigenvalue weighted by Crippen LogP contribution is -2.39. The molecule has 0 aromatic carbocycles. The monoisotopic (exact) mass is 148 g/mol. The normalized spacial score (nSPS) is 34.2. The molecular weight excluding hydrogens is 136 g/mol. The highest BCUT2D eigenvalue weighted by Crippen LogP contribution is 2.05. The molecule has 1 saturated heterocycles. The molecule has 60 valence electrons. The van der Waals surface area contributed by atoms with Crippen molar-refractivity contribution in [2.24, 2.45) is 0 Å². The van der Waals surface area contributed by atoms with Gasteiger partial charge in [0.05, 0.1) is 26.4 Å². The Hall–Kier alpha value is -0.160. The van der Waals surface area contributed by atoms with Gasteiger partial charge in [0.25, 0.3) is 0 Å². The first kappa shape index (κ1) is 7.94. The van der Waals surface area contributed by atoms with Crippen molar-refractivity contribution in [3.8, 4) is 0 Å². The average molecular weight is 148 g/mol. The Morgan fingerprint density at radius 2 is 1.40 bits per heavy atom. The van der Waals surface area contributed by atoms with Gasteiger partial charge in [0.2, 0.25) is 0 Å². The number of aliphatic hydroxyl groups is 2. The van der Waals surface area contributed by atoms with Crippen molar-refractivity contribution in [3.63, 3.8) is 0 Å². The molecule has 4 nitrogen and oxygen atoms in total. The van der Waals surface area contributed by atoms with Gasteiger partial charge in [0.15, 0.2) is 0 Å². The molecule has 0 aliphatic carbocycles. The topological polar surface area (TPSA) is 58.9 Å². The fourth-order valence-electron chi connectivity index (χ4n) is 0.794. The summed E-state index contributed by atoms with van der Waals surface area (Å²) in [4.78, 5) is 0. The molecular formula is C6H12O4. The molecule has 0 aromatic heterocycles. The maximum Gasteiger partial charge on any atom is 0.104 e. The van der Waals surface area contributed by atoms with Gasteiger partial charge >= 0.3 is 0 Å². The molecule has 1 fully saturated rings. The summed E-state index contributed by atoms with van der Waals surface area (Å²) in [5.41, 5.74) is 0. The van der Waals surface area contributed by atoms with Crippen LogP contribution in [0, 0.1) is 0 Å². The van der Waals surface area contributed by atoms with Crippen molar-refractivity contribution in [2.45, 2.75) is 12.2 Å². The second kappa shape index (κ2) is 3.88. The van der Waals surface area contributed by atoms with Gasteiger partial charge in [-0.2, -0.15) is 0 Å². The van der Waals surface area contributed by atoms with Crippen LogP contribution in [0.3, 0.4) is 0 Å². The van der Waals surface area contributed by atoms with E-state index in [-0.39, 0.29) is 25.4 Å². The summed E-state index contributed by atoms with van der Waals surface area (Å²) < 4.78 is 10.2. The van der Waals surface area contributed by atoms with E-state index in [9.17, 15) is 0 Å². The van der Waals surface area contributed by atoms with Crippen molar-refractivity contribution >= 4 is 0 Å². The molecule has 0 radical (unpaired) electrons. The Morgan fingerprint density at radius 3 is 1.60 bits per heavy atom. The van der Waals surface area contributed by atoms with Crippen molar-refractivity contribution in [1.82, 2.24) is 0 Å². The minimum absolute atomic E-state index is 0.0157. The minimum atomic E-state index is -0.206. The van der Waals surface area contributed by atoms with E-state index in [0.29, 0.717) is 13.2 Å². The molecule has 4 heteroatoms. The number of ether oxygens (including phenoxy) is 2. The van der Waals surface area contributed by atoms with Gasteiger partial charge in [-0.05, 0) is 0 Å². The van der Waals surface area contributed by atoms with Crippen LogP contribution in [0.5, 0.6) is 0 Å². The largest absolute Gasteiger partial charge is 0.394 e. The summed E-state index contributed by atoms with van der Waals surface area (Å²) in [7, 11) is 0. The Bertz CT molecular complexity index is 75.7. The lowest BCUT2D eigenvalue weighted by molar-refractivity contribution is -0.155. The zero-order valence-corrected chi connectivity index (χ0v) is 5.69. The summed E-state index contributed by atoms with van der Waals surface area (Å²) >= 11 is 0. The van der Waals surface area contributed by atoms with E-state index in [1.54, 1.807) is 0 Å². The highest BCUT2D eigenvalue weighted by Gasteiger charge is 2.20. The highest BCUT2D eigenvalue weighted by molar-refractivity contribution is 4.65. The molecule has 2 atom stereocenters. The van der Waals surface area contributed by atoms with E-state index in [0.717, 1.165) is 0 Å². The summed E-state index contributed by atoms with van der Waals surface area (Å²) in [5, 5.41) is 17.2. The zero-order valence-electron chi connectivity index (χ0n) is 5.69. The maximum absolute atomic E-state index is 8.58. The quantitative estimate of drug-likeness (QED) is 0.514. The first-order chi connectivity index (χ1) is 4.86. The molecule has 2 N–H and O–H groups in total. The van der Waals surface area contributed by atoms with Crippen LogP contribution in [0.1, 0.15) is 0 Å². The Morgan fingerprint density at radius 1 is 1.00 bits per heavy atom. The van der Waals surface area contributed by atoms with Gasteiger partial charge in [-0.3, -0.25) is 0 Å². The highest BCUT2D eigenvalue weighted by atomic mass is 16.6. The molecule has 0 aromatic rings. The fourth-order valence-corrected chi connectivity index (χ4v) is 0.794. The molecule has 1 aliphatic rings. The van der Waals surface area contributed by atoms with Gasteiger partial charge < -0.3 is 19.7 Å². The summed E-state index contributed by atoms with van der Waals surface area (Å²) in [6.45, 7) is 0.722. The molecule has 0 unspecified atom stereocenters. The summed E-state index contributed by atoms with van der Waals surface area (Å²) in [6, 6.07) is 0. The average Bonchev–Trinajstić information content (AvgIpc) is 2.05. The van der Waals surface area contributed by atoms with E-state index in [1.807, 2.05) is 0 Å². The predicted molar refractivity (Wildman–Crippen MR) is 33.7 cm³/mol. The van der Waals surface area contributed by atoms with E-state index >= 15 is 0 Å². The Kier molecular flexibility index (Phi) is 3.08. The van der Waals surface area contributed by atoms with E-state index in [4.69, 9.17) is 19.7 Å². The third-order valence-corrected chi connectivity index (χ3v) is 1.44. The van der Waals surface area contributed by atoms with Gasteiger partial charge in [0, 0.05) is 0 Å².